The summed E-state index contributed by atoms with van der Waals surface area (Å²) in [5.74, 6) is 0.00731. The zero-order chi connectivity index (χ0) is 20.0. The number of carbonyl (C=O) groups is 1. The summed E-state index contributed by atoms with van der Waals surface area (Å²) in [4.78, 5) is 12.9. The van der Waals surface area contributed by atoms with E-state index in [2.05, 4.69) is 32.5 Å². The molecule has 0 saturated heterocycles. The summed E-state index contributed by atoms with van der Waals surface area (Å²) in [6.45, 7) is 1.99. The Morgan fingerprint density at radius 1 is 1.21 bits per heavy atom. The molecular weight excluding hydrogens is 364 g/mol. The molecule has 0 unspecified atom stereocenters. The molecule has 2 heterocycles. The molecule has 2 aliphatic carbocycles. The molecule has 2 aliphatic rings. The molecule has 146 valence electrons. The van der Waals surface area contributed by atoms with Crippen molar-refractivity contribution in [2.24, 2.45) is 11.8 Å². The van der Waals surface area contributed by atoms with Gasteiger partial charge in [-0.05, 0) is 36.8 Å². The smallest absolute Gasteiger partial charge is 0.165 e. The van der Waals surface area contributed by atoms with Crippen molar-refractivity contribution >= 4 is 5.78 Å². The second-order valence-corrected chi connectivity index (χ2v) is 8.02. The topological polar surface area (TPSA) is 91.8 Å². The monoisotopic (exact) mass is 386 g/mol. The van der Waals surface area contributed by atoms with E-state index in [9.17, 15) is 9.90 Å². The molecule has 1 saturated carbocycles. The largest absolute Gasteiger partial charge is 0.515 e. The van der Waals surface area contributed by atoms with Gasteiger partial charge in [-0.3, -0.25) is 9.89 Å². The highest BCUT2D eigenvalue weighted by atomic mass is 16.2. The van der Waals surface area contributed by atoms with Gasteiger partial charge in [-0.1, -0.05) is 37.3 Å². The number of H-pyrrole nitrogens is 1. The Bertz CT molecular complexity index is 1090. The molecule has 3 atom stereocenters. The van der Waals surface area contributed by atoms with E-state index in [4.69, 9.17) is 0 Å². The fraction of sp³-hybridized carbons (Fsp3) is 0.304. The number of ketones is 1. The third-order valence-electron chi connectivity index (χ3n) is 6.76. The van der Waals surface area contributed by atoms with Gasteiger partial charge in [0.25, 0.3) is 0 Å². The molecule has 1 fully saturated rings. The summed E-state index contributed by atoms with van der Waals surface area (Å²) in [5.41, 5.74) is 5.23. The Kier molecular flexibility index (Phi) is 4.08. The van der Waals surface area contributed by atoms with Gasteiger partial charge in [-0.2, -0.15) is 15.3 Å². The number of benzene rings is 1. The first kappa shape index (κ1) is 17.8. The van der Waals surface area contributed by atoms with E-state index in [0.717, 1.165) is 47.2 Å². The second-order valence-electron chi connectivity index (χ2n) is 8.02. The summed E-state index contributed by atoms with van der Waals surface area (Å²) in [5, 5.41) is 25.7. The molecule has 0 radical (unpaired) electrons. The molecule has 0 bridgehead atoms. The fourth-order valence-electron chi connectivity index (χ4n) is 5.44. The number of aromatic amines is 1. The third-order valence-corrected chi connectivity index (χ3v) is 6.76. The van der Waals surface area contributed by atoms with Gasteiger partial charge in [-0.15, -0.1) is 0 Å². The predicted molar refractivity (Wildman–Crippen MR) is 108 cm³/mol. The van der Waals surface area contributed by atoms with E-state index >= 15 is 0 Å². The van der Waals surface area contributed by atoms with Gasteiger partial charge in [-0.25, -0.2) is 0 Å². The van der Waals surface area contributed by atoms with Crippen LogP contribution in [0.1, 0.15) is 36.6 Å². The first-order valence-electron chi connectivity index (χ1n) is 9.94. The SMILES string of the molecule is C[C@@H]1C(=O)/C(=C\O)C[C@]2(c3ccccc3)c3[nH]nc(-c4ccnnc4)c3CC[C@@H]12. The number of aliphatic hydroxyl groups excluding tert-OH is 1. The van der Waals surface area contributed by atoms with Crippen molar-refractivity contribution in [2.75, 3.05) is 0 Å². The lowest BCUT2D eigenvalue weighted by molar-refractivity contribution is -0.123. The Morgan fingerprint density at radius 2 is 2.03 bits per heavy atom. The number of carbonyl (C=O) groups excluding carboxylic acids is 1. The fourth-order valence-corrected chi connectivity index (χ4v) is 5.44. The van der Waals surface area contributed by atoms with Crippen molar-refractivity contribution in [2.45, 2.75) is 31.6 Å². The van der Waals surface area contributed by atoms with Crippen molar-refractivity contribution in [3.05, 3.63) is 77.4 Å². The van der Waals surface area contributed by atoms with Gasteiger partial charge in [0.15, 0.2) is 5.78 Å². The van der Waals surface area contributed by atoms with Crippen LogP contribution in [0.3, 0.4) is 0 Å². The maximum Gasteiger partial charge on any atom is 0.165 e. The molecule has 2 aromatic heterocycles. The summed E-state index contributed by atoms with van der Waals surface area (Å²) in [6, 6.07) is 12.2. The Labute approximate surface area is 168 Å². The van der Waals surface area contributed by atoms with Crippen LogP contribution in [0.5, 0.6) is 0 Å². The zero-order valence-electron chi connectivity index (χ0n) is 16.2. The molecular formula is C23H22N4O2. The average Bonchev–Trinajstić information content (AvgIpc) is 3.22. The number of nitrogens with zero attached hydrogens (tertiary/aromatic N) is 3. The normalized spacial score (nSPS) is 27.5. The van der Waals surface area contributed by atoms with Gasteiger partial charge in [0.2, 0.25) is 0 Å². The van der Waals surface area contributed by atoms with Crippen molar-refractivity contribution in [1.82, 2.24) is 20.4 Å². The van der Waals surface area contributed by atoms with E-state index in [0.29, 0.717) is 12.0 Å². The van der Waals surface area contributed by atoms with Crippen molar-refractivity contribution in [3.8, 4) is 11.3 Å². The molecule has 6 nitrogen and oxygen atoms in total. The lowest BCUT2D eigenvalue weighted by Crippen LogP contribution is -2.50. The molecule has 0 aliphatic heterocycles. The van der Waals surface area contributed by atoms with Gasteiger partial charge < -0.3 is 5.11 Å². The van der Waals surface area contributed by atoms with E-state index in [1.165, 1.54) is 0 Å². The maximum atomic E-state index is 12.9. The molecule has 0 spiro atoms. The van der Waals surface area contributed by atoms with Crippen LogP contribution in [0, 0.1) is 11.8 Å². The highest BCUT2D eigenvalue weighted by Crippen LogP contribution is 2.56. The van der Waals surface area contributed by atoms with E-state index in [-0.39, 0.29) is 17.6 Å². The van der Waals surface area contributed by atoms with Crippen molar-refractivity contribution in [3.63, 3.8) is 0 Å². The number of nitrogens with one attached hydrogen (secondary N) is 1. The number of hydrogen-bond acceptors (Lipinski definition) is 5. The highest BCUT2D eigenvalue weighted by Gasteiger charge is 2.55. The number of rotatable bonds is 2. The Morgan fingerprint density at radius 3 is 2.76 bits per heavy atom. The van der Waals surface area contributed by atoms with Crippen LogP contribution in [0.15, 0.2) is 60.6 Å². The molecule has 29 heavy (non-hydrogen) atoms. The second kappa shape index (κ2) is 6.65. The molecule has 1 aromatic carbocycles. The van der Waals surface area contributed by atoms with Crippen LogP contribution >= 0.6 is 0 Å². The molecule has 0 amide bonds. The quantitative estimate of drug-likeness (QED) is 0.517. The summed E-state index contributed by atoms with van der Waals surface area (Å²) >= 11 is 0. The molecule has 3 aromatic rings. The minimum absolute atomic E-state index is 0.0468. The van der Waals surface area contributed by atoms with Gasteiger partial charge in [0, 0.05) is 28.0 Å². The van der Waals surface area contributed by atoms with Crippen LogP contribution in [0.25, 0.3) is 11.3 Å². The first-order chi connectivity index (χ1) is 14.2. The first-order valence-corrected chi connectivity index (χ1v) is 9.94. The van der Waals surface area contributed by atoms with E-state index in [1.807, 2.05) is 31.2 Å². The van der Waals surface area contributed by atoms with Crippen LogP contribution in [0.4, 0.5) is 0 Å². The van der Waals surface area contributed by atoms with Crippen LogP contribution in [-0.2, 0) is 16.6 Å². The lowest BCUT2D eigenvalue weighted by atomic mass is 9.52. The van der Waals surface area contributed by atoms with Crippen LogP contribution in [-0.4, -0.2) is 31.3 Å². The number of fused-ring (bicyclic) bond motifs is 3. The summed E-state index contributed by atoms with van der Waals surface area (Å²) in [7, 11) is 0. The van der Waals surface area contributed by atoms with Crippen molar-refractivity contribution < 1.29 is 9.90 Å². The predicted octanol–water partition coefficient (Wildman–Crippen LogP) is 3.77. The number of hydrogen-bond donors (Lipinski definition) is 2. The van der Waals surface area contributed by atoms with Crippen molar-refractivity contribution in [1.29, 1.82) is 0 Å². The Hall–Kier alpha value is -3.28. The summed E-state index contributed by atoms with van der Waals surface area (Å²) < 4.78 is 0. The number of aliphatic hydroxyl groups is 1. The number of allylic oxidation sites excluding steroid dienone is 1. The molecule has 2 N–H and O–H groups in total. The van der Waals surface area contributed by atoms with Crippen LogP contribution in [0.2, 0.25) is 0 Å². The number of aromatic nitrogens is 4. The average molecular weight is 386 g/mol. The van der Waals surface area contributed by atoms with Gasteiger partial charge in [0.1, 0.15) is 0 Å². The van der Waals surface area contributed by atoms with Crippen LogP contribution < -0.4 is 0 Å². The van der Waals surface area contributed by atoms with E-state index < -0.39 is 5.41 Å². The Balaban J connectivity index is 1.77. The van der Waals surface area contributed by atoms with Gasteiger partial charge >= 0.3 is 0 Å². The minimum atomic E-state index is -0.428. The standard InChI is InChI=1S/C23H22N4O2/c1-14-19-8-7-18-20(15-9-10-24-25-12-15)26-27-22(18)23(19,11-16(13-28)21(14)29)17-5-3-2-4-6-17/h2-6,9-10,12-14,19,28H,7-8,11H2,1H3,(H,26,27)/b16-13-/t14-,19-,23+/m0/s1. The summed E-state index contributed by atoms with van der Waals surface area (Å²) in [6.07, 6.45) is 6.59. The lowest BCUT2D eigenvalue weighted by Gasteiger charge is -2.50. The number of Topliss-reactive ketones (excluding diaryl/α,β-unsaturated/α-hetero) is 1. The molecule has 6 heteroatoms. The molecule has 5 rings (SSSR count). The maximum absolute atomic E-state index is 12.9. The zero-order valence-corrected chi connectivity index (χ0v) is 16.2. The minimum Gasteiger partial charge on any atom is -0.515 e. The van der Waals surface area contributed by atoms with E-state index in [1.54, 1.807) is 12.4 Å². The highest BCUT2D eigenvalue weighted by molar-refractivity contribution is 5.98. The van der Waals surface area contributed by atoms with Gasteiger partial charge in [0.05, 0.1) is 30.0 Å². The third kappa shape index (κ3) is 2.48.